The van der Waals surface area contributed by atoms with Gasteiger partial charge in [-0.2, -0.15) is 57.0 Å². The first-order valence-electron chi connectivity index (χ1n) is 34.3. The van der Waals surface area contributed by atoms with Crippen molar-refractivity contribution in [3.05, 3.63) is 168 Å². The van der Waals surface area contributed by atoms with Crippen molar-refractivity contribution < 1.29 is 84.5 Å². The fraction of sp³-hybridized carbons (Fsp3) is 0.216. The zero-order valence-corrected chi connectivity index (χ0v) is 61.3. The summed E-state index contributed by atoms with van der Waals surface area (Å²) in [4.78, 5) is 77.0. The van der Waals surface area contributed by atoms with Crippen LogP contribution in [-0.4, -0.2) is 150 Å². The molecule has 12 aromatic rings. The van der Waals surface area contributed by atoms with Crippen LogP contribution in [0.5, 0.6) is 35.5 Å². The Hall–Kier alpha value is -13.4. The van der Waals surface area contributed by atoms with Crippen LogP contribution in [-0.2, 0) is 75.1 Å². The predicted molar refractivity (Wildman–Crippen MR) is 408 cm³/mol. The van der Waals surface area contributed by atoms with Crippen molar-refractivity contribution in [2.45, 2.75) is 74.5 Å². The first-order valence-corrected chi connectivity index (χ1v) is 37.2. The molecular weight excluding hydrogens is 1490 g/mol. The van der Waals surface area contributed by atoms with Gasteiger partial charge in [0.2, 0.25) is 23.6 Å². The molecule has 4 aromatic heterocycles. The monoisotopic (exact) mass is 1560 g/mol. The molecule has 0 atom stereocenters. The van der Waals surface area contributed by atoms with E-state index in [1.165, 1.54) is 47.6 Å². The molecule has 0 unspecified atom stereocenters. The molecule has 12 rings (SSSR count). The molecule has 36 nitrogen and oxygen atoms in total. The number of ether oxygens (including phenoxy) is 4. The maximum absolute atomic E-state index is 13.5. The number of phenolic OH excluding ortho intramolecular Hbond substituents is 2. The first-order chi connectivity index (χ1) is 53.7. The summed E-state index contributed by atoms with van der Waals surface area (Å²) >= 11 is 0. The Labute approximate surface area is 636 Å². The molecule has 578 valence electrons. The summed E-state index contributed by atoms with van der Waals surface area (Å²) in [5.74, 6) is -2.85. The number of anilines is 4. The number of carbonyl (C=O) groups excluding carboxylic acids is 4. The third kappa shape index (κ3) is 19.2. The highest BCUT2D eigenvalue weighted by atomic mass is 32.2. The lowest BCUT2D eigenvalue weighted by atomic mass is 10.1. The zero-order chi connectivity index (χ0) is 79.4. The van der Waals surface area contributed by atoms with Gasteiger partial charge in [0.05, 0.1) is 69.6 Å². The maximum Gasteiger partial charge on any atom is 0.320 e. The fourth-order valence-corrected chi connectivity index (χ4v) is 12.8. The Bertz CT molecular complexity index is 5510. The van der Waals surface area contributed by atoms with Crippen LogP contribution in [0.15, 0.2) is 176 Å². The molecule has 4 amide bonds. The summed E-state index contributed by atoms with van der Waals surface area (Å²) in [6.07, 6.45) is -0.0241. The van der Waals surface area contributed by atoms with Crippen molar-refractivity contribution in [1.82, 2.24) is 49.7 Å². The van der Waals surface area contributed by atoms with E-state index in [-0.39, 0.29) is 192 Å². The van der Waals surface area contributed by atoms with Gasteiger partial charge in [0.15, 0.2) is 34.0 Å². The number of imidazole rings is 2. The van der Waals surface area contributed by atoms with Crippen molar-refractivity contribution in [3.63, 3.8) is 0 Å². The number of nitrogens with two attached hydrogens (primary N) is 2. The van der Waals surface area contributed by atoms with Gasteiger partial charge in [-0.15, -0.1) is 10.2 Å². The van der Waals surface area contributed by atoms with E-state index in [1.807, 2.05) is 24.3 Å². The van der Waals surface area contributed by atoms with Gasteiger partial charge in [0.1, 0.15) is 36.1 Å². The van der Waals surface area contributed by atoms with Crippen LogP contribution in [0.2, 0.25) is 0 Å². The fourth-order valence-electron chi connectivity index (χ4n) is 11.7. The smallest absolute Gasteiger partial charge is 0.320 e. The molecule has 0 aliphatic heterocycles. The Morgan fingerprint density at radius 3 is 1.18 bits per heavy atom. The first kappa shape index (κ1) is 78.2. The van der Waals surface area contributed by atoms with Gasteiger partial charge in [-0.3, -0.25) is 37.4 Å². The number of hydrogen-bond acceptors (Lipinski definition) is 28. The van der Waals surface area contributed by atoms with E-state index >= 15 is 0 Å². The number of fused-ring (bicyclic) bond motifs is 4. The van der Waals surface area contributed by atoms with Gasteiger partial charge >= 0.3 is 12.0 Å². The Kier molecular flexibility index (Phi) is 24.0. The van der Waals surface area contributed by atoms with Crippen molar-refractivity contribution >= 4 is 133 Å². The minimum Gasteiger partial charge on any atom is -0.507 e. The molecule has 112 heavy (non-hydrogen) atoms. The number of azo groups is 2. The average molecular weight is 1570 g/mol. The molecule has 0 radical (unpaired) electrons. The number of nitrogen functional groups attached to an aromatic ring is 2. The highest BCUT2D eigenvalue weighted by molar-refractivity contribution is 7.86. The topological polar surface area (TPSA) is 532 Å². The second-order valence-electron chi connectivity index (χ2n) is 25.2. The number of benzene rings is 8. The zero-order valence-electron chi connectivity index (χ0n) is 59.7. The highest BCUT2D eigenvalue weighted by Crippen LogP contribution is 2.44. The summed E-state index contributed by atoms with van der Waals surface area (Å²) in [6, 6.07) is 36.8. The van der Waals surface area contributed by atoms with Crippen LogP contribution in [0.4, 0.5) is 45.8 Å². The lowest BCUT2D eigenvalue weighted by Crippen LogP contribution is -2.23. The molecule has 38 heteroatoms. The van der Waals surface area contributed by atoms with Gasteiger partial charge in [0.25, 0.3) is 32.3 Å². The quantitative estimate of drug-likeness (QED) is 0.0103. The normalized spacial score (nSPS) is 11.9. The third-order valence-corrected chi connectivity index (χ3v) is 19.0. The molecule has 0 saturated heterocycles. The molecule has 4 heterocycles. The molecule has 8 aromatic carbocycles. The summed E-state index contributed by atoms with van der Waals surface area (Å²) in [5, 5.41) is 72.9. The van der Waals surface area contributed by atoms with Gasteiger partial charge in [-0.1, -0.05) is 84.9 Å². The van der Waals surface area contributed by atoms with E-state index in [0.717, 1.165) is 46.5 Å². The SMILES string of the molecule is COCCOc1nc(N)c2nc(O)n(Cc3ccc(CNC(=O)CCCC(=O)Nc4ccc5cc(S(=O)(=O)O)cc(O)c5c4N=Nc4ccc(-c5ccc(N=Nc6c(NC(=O)CCCC(=O)NCc7ccc(Cn8c(O)nc9c(N)nc(OCCOC)nc98)cc7)ccc7cc(S(=O)(=O)O)cc(O)c67)cc5)cc4)cc3)c2n1. The number of nitrogens with zero attached hydrogens (tertiary/aromatic N) is 12. The standard InChI is InChI=1S/C74H72N18O18S2/c1-107-29-31-109-71-83-67(75)65-69(85-71)91(73(99)81-65)39-43-13-9-41(10-14-43)37-77-57(95)5-3-7-59(97)79-53-27-21-47-33-51(111(101,102)103)35-55(93)61(47)63(53)89-87-49-23-17-45(18-24-49)46-19-25-50(26-20-46)88-90-64-54(28-22-48-34-52(112(104,105)106)36-56(94)62(48)64)80-60(98)8-4-6-58(96)78-38-42-11-15-44(16-12-42)40-92-70-66(82-74(92)100)68(76)84-72(86-70)110-32-30-108-2/h9-28,33-36,93-94H,3-8,29-32,37-40H2,1-2H3,(H,77,95)(H,78,96)(H,79,97)(H,80,98)(H,81,99)(H,82,100)(H2,75,83,85)(H2,76,84,86)(H,101,102,103)(H,104,105,106). The van der Waals surface area contributed by atoms with Crippen molar-refractivity contribution in [1.29, 1.82) is 0 Å². The number of carbonyl (C=O) groups is 4. The number of amides is 4. The van der Waals surface area contributed by atoms with Gasteiger partial charge < -0.3 is 72.1 Å². The van der Waals surface area contributed by atoms with E-state index in [2.05, 4.69) is 71.6 Å². The second kappa shape index (κ2) is 34.4. The summed E-state index contributed by atoms with van der Waals surface area (Å²) in [7, 11) is -6.49. The molecule has 0 aliphatic carbocycles. The molecule has 0 aliphatic rings. The van der Waals surface area contributed by atoms with Crippen LogP contribution in [0.25, 0.3) is 55.0 Å². The average Bonchev–Trinajstić information content (AvgIpc) is 1.63. The third-order valence-electron chi connectivity index (χ3n) is 17.4. The van der Waals surface area contributed by atoms with E-state index in [0.29, 0.717) is 35.7 Å². The Morgan fingerprint density at radius 1 is 0.446 bits per heavy atom. The summed E-state index contributed by atoms with van der Waals surface area (Å²) in [6.45, 7) is 1.63. The van der Waals surface area contributed by atoms with E-state index in [9.17, 15) is 65.5 Å². The maximum atomic E-state index is 13.5. The van der Waals surface area contributed by atoms with Crippen LogP contribution < -0.4 is 42.2 Å². The lowest BCUT2D eigenvalue weighted by Gasteiger charge is -2.13. The van der Waals surface area contributed by atoms with Crippen LogP contribution in [0.1, 0.15) is 60.8 Å². The lowest BCUT2D eigenvalue weighted by molar-refractivity contribution is -0.122. The molecule has 0 spiro atoms. The minimum atomic E-state index is -4.77. The minimum absolute atomic E-state index is 0.00258. The second-order valence-corrected chi connectivity index (χ2v) is 28.1. The highest BCUT2D eigenvalue weighted by Gasteiger charge is 2.24. The van der Waals surface area contributed by atoms with Crippen molar-refractivity contribution in [3.8, 4) is 46.7 Å². The van der Waals surface area contributed by atoms with Crippen molar-refractivity contribution in [2.24, 2.45) is 20.5 Å². The number of nitrogens with one attached hydrogen (secondary N) is 4. The molecule has 0 bridgehead atoms. The largest absolute Gasteiger partial charge is 0.507 e. The van der Waals surface area contributed by atoms with E-state index < -0.39 is 53.3 Å². The Morgan fingerprint density at radius 2 is 0.812 bits per heavy atom. The molecule has 14 N–H and O–H groups in total. The Balaban J connectivity index is 0.655. The van der Waals surface area contributed by atoms with Crippen LogP contribution in [0.3, 0.4) is 0 Å². The van der Waals surface area contributed by atoms with Gasteiger partial charge in [0, 0.05) is 65.1 Å². The predicted octanol–water partition coefficient (Wildman–Crippen LogP) is 10.2. The number of hydrogen-bond donors (Lipinski definition) is 12. The van der Waals surface area contributed by atoms with E-state index in [1.54, 1.807) is 72.8 Å². The molecule has 0 saturated carbocycles. The van der Waals surface area contributed by atoms with Crippen LogP contribution >= 0.6 is 0 Å². The number of methoxy groups -OCH3 is 2. The van der Waals surface area contributed by atoms with Gasteiger partial charge in [-0.25, -0.2) is 0 Å². The number of rotatable bonds is 33. The number of phenols is 2. The summed E-state index contributed by atoms with van der Waals surface area (Å²) in [5.41, 5.74) is 18.2. The number of aromatic nitrogens is 8. The van der Waals surface area contributed by atoms with Gasteiger partial charge in [-0.05, 0) is 106 Å². The number of aromatic hydroxyl groups is 4. The molecule has 0 fully saturated rings. The van der Waals surface area contributed by atoms with Crippen LogP contribution in [0, 0.1) is 0 Å². The molecular formula is C74H72N18O18S2. The van der Waals surface area contributed by atoms with E-state index in [4.69, 9.17) is 30.4 Å². The summed E-state index contributed by atoms with van der Waals surface area (Å²) < 4.78 is 92.3. The van der Waals surface area contributed by atoms with Crippen molar-refractivity contribution in [2.75, 3.05) is 62.7 Å².